The summed E-state index contributed by atoms with van der Waals surface area (Å²) < 4.78 is 27.6. The number of carbonyl (C=O) groups excluding carboxylic acids is 1. The van der Waals surface area contributed by atoms with Crippen LogP contribution in [0.25, 0.3) is 0 Å². The molecule has 2 atom stereocenters. The molecule has 7 nitrogen and oxygen atoms in total. The van der Waals surface area contributed by atoms with E-state index in [0.29, 0.717) is 17.1 Å². The first-order valence-corrected chi connectivity index (χ1v) is 8.83. The summed E-state index contributed by atoms with van der Waals surface area (Å²) in [6, 6.07) is 7.51. The average molecular weight is 369 g/mol. The predicted octanol–water partition coefficient (Wildman–Crippen LogP) is 2.53. The highest BCUT2D eigenvalue weighted by atomic mass is 16.7. The van der Waals surface area contributed by atoms with E-state index < -0.39 is 12.1 Å². The van der Waals surface area contributed by atoms with Crippen LogP contribution >= 0.6 is 0 Å². The maximum Gasteiger partial charge on any atom is 0.343 e. The molecule has 0 aromatic heterocycles. The van der Waals surface area contributed by atoms with Gasteiger partial charge < -0.3 is 29.0 Å². The fraction of sp³-hybridized carbons (Fsp3) is 0.350. The highest BCUT2D eigenvalue weighted by Gasteiger charge is 2.42. The van der Waals surface area contributed by atoms with Crippen LogP contribution in [0.1, 0.15) is 39.2 Å². The minimum atomic E-state index is -0.452. The van der Waals surface area contributed by atoms with Crippen LogP contribution in [0.5, 0.6) is 23.0 Å². The fourth-order valence-corrected chi connectivity index (χ4v) is 4.12. The number of nitrogens with one attached hydrogen (secondary N) is 1. The number of rotatable bonds is 3. The molecule has 3 aliphatic rings. The van der Waals surface area contributed by atoms with Crippen LogP contribution < -0.4 is 24.3 Å². The molecule has 0 spiro atoms. The van der Waals surface area contributed by atoms with Gasteiger partial charge in [0.25, 0.3) is 0 Å². The van der Waals surface area contributed by atoms with Crippen molar-refractivity contribution >= 4 is 5.97 Å². The van der Waals surface area contributed by atoms with E-state index >= 15 is 0 Å². The lowest BCUT2D eigenvalue weighted by atomic mass is 9.87. The molecule has 27 heavy (non-hydrogen) atoms. The monoisotopic (exact) mass is 369 g/mol. The van der Waals surface area contributed by atoms with E-state index in [1.165, 1.54) is 12.7 Å². The normalized spacial score (nSPS) is 22.1. The second-order valence-corrected chi connectivity index (χ2v) is 6.68. The van der Waals surface area contributed by atoms with E-state index in [2.05, 4.69) is 5.32 Å². The fourth-order valence-electron chi connectivity index (χ4n) is 4.12. The van der Waals surface area contributed by atoms with Gasteiger partial charge in [-0.05, 0) is 42.3 Å². The number of benzene rings is 2. The highest BCUT2D eigenvalue weighted by Crippen LogP contribution is 2.48. The quantitative estimate of drug-likeness (QED) is 0.833. The minimum Gasteiger partial charge on any atom is -0.493 e. The summed E-state index contributed by atoms with van der Waals surface area (Å²) in [5.41, 5.74) is 3.45. The van der Waals surface area contributed by atoms with Crippen LogP contribution in [0, 0.1) is 0 Å². The Morgan fingerprint density at radius 3 is 2.67 bits per heavy atom. The average Bonchev–Trinajstić information content (AvgIpc) is 3.28. The van der Waals surface area contributed by atoms with Crippen molar-refractivity contribution in [2.75, 3.05) is 27.6 Å². The molecule has 0 unspecified atom stereocenters. The molecule has 0 saturated carbocycles. The van der Waals surface area contributed by atoms with Crippen LogP contribution in [0.3, 0.4) is 0 Å². The third kappa shape index (κ3) is 2.35. The van der Waals surface area contributed by atoms with Crippen LogP contribution in [0.2, 0.25) is 0 Å². The van der Waals surface area contributed by atoms with E-state index in [4.69, 9.17) is 23.7 Å². The van der Waals surface area contributed by atoms with E-state index in [-0.39, 0.29) is 12.8 Å². The summed E-state index contributed by atoms with van der Waals surface area (Å²) in [5, 5.41) is 3.49. The van der Waals surface area contributed by atoms with E-state index in [0.717, 1.165) is 35.6 Å². The van der Waals surface area contributed by atoms with Gasteiger partial charge in [-0.15, -0.1) is 0 Å². The van der Waals surface area contributed by atoms with Gasteiger partial charge in [-0.2, -0.15) is 0 Å². The van der Waals surface area contributed by atoms with Crippen molar-refractivity contribution in [2.24, 2.45) is 0 Å². The van der Waals surface area contributed by atoms with E-state index in [1.54, 1.807) is 13.2 Å². The maximum absolute atomic E-state index is 12.6. The molecule has 1 N–H and O–H groups in total. The molecular formula is C20H19NO6. The van der Waals surface area contributed by atoms with Gasteiger partial charge in [0.2, 0.25) is 6.79 Å². The number of carbonyl (C=O) groups is 1. The summed E-state index contributed by atoms with van der Waals surface area (Å²) in [6.45, 7) is 1.02. The third-order valence-corrected chi connectivity index (χ3v) is 5.35. The van der Waals surface area contributed by atoms with Crippen molar-refractivity contribution in [3.8, 4) is 23.0 Å². The van der Waals surface area contributed by atoms with Gasteiger partial charge in [0, 0.05) is 5.56 Å². The second-order valence-electron chi connectivity index (χ2n) is 6.68. The van der Waals surface area contributed by atoms with Crippen molar-refractivity contribution in [2.45, 2.75) is 18.6 Å². The number of hydrogen-bond acceptors (Lipinski definition) is 7. The topological polar surface area (TPSA) is 75.3 Å². The van der Waals surface area contributed by atoms with Crippen molar-refractivity contribution in [3.63, 3.8) is 0 Å². The molecule has 3 heterocycles. The van der Waals surface area contributed by atoms with Gasteiger partial charge in [0.05, 0.1) is 20.3 Å². The Balaban J connectivity index is 1.60. The Morgan fingerprint density at radius 1 is 1.07 bits per heavy atom. The van der Waals surface area contributed by atoms with Crippen molar-refractivity contribution in [3.05, 3.63) is 46.5 Å². The van der Waals surface area contributed by atoms with Gasteiger partial charge in [0.15, 0.2) is 23.0 Å². The molecule has 2 aromatic carbocycles. The first-order valence-electron chi connectivity index (χ1n) is 8.83. The highest BCUT2D eigenvalue weighted by molar-refractivity contribution is 5.98. The van der Waals surface area contributed by atoms with Crippen LogP contribution in [-0.2, 0) is 11.2 Å². The van der Waals surface area contributed by atoms with Gasteiger partial charge in [-0.3, -0.25) is 0 Å². The summed E-state index contributed by atoms with van der Waals surface area (Å²) in [5.74, 6) is 2.00. The maximum atomic E-state index is 12.6. The predicted molar refractivity (Wildman–Crippen MR) is 94.7 cm³/mol. The lowest BCUT2D eigenvalue weighted by Crippen LogP contribution is -2.34. The first-order chi connectivity index (χ1) is 13.2. The lowest BCUT2D eigenvalue weighted by Gasteiger charge is -2.31. The molecule has 0 bridgehead atoms. The summed E-state index contributed by atoms with van der Waals surface area (Å²) >= 11 is 0. The van der Waals surface area contributed by atoms with Gasteiger partial charge in [0.1, 0.15) is 11.7 Å². The second kappa shape index (κ2) is 6.06. The Morgan fingerprint density at radius 2 is 1.89 bits per heavy atom. The standard InChI is InChI=1S/C20H19NO6/c1-23-13-4-3-11-16(19(13)24-2)20(22)27-18(11)17-12-8-15-14(25-9-26-15)7-10(12)5-6-21-17/h3-4,7-8,17-18,21H,5-6,9H2,1-2H3/t17-,18-/m1/s1. The SMILES string of the molecule is COc1ccc2c(c1OC)C(=O)O[C@H]2[C@@H]1NCCc2cc3c(cc21)OCO3. The number of methoxy groups -OCH3 is 2. The van der Waals surface area contributed by atoms with Crippen LogP contribution in [0.15, 0.2) is 24.3 Å². The third-order valence-electron chi connectivity index (χ3n) is 5.35. The van der Waals surface area contributed by atoms with Crippen molar-refractivity contribution in [1.29, 1.82) is 0 Å². The molecular weight excluding hydrogens is 350 g/mol. The van der Waals surface area contributed by atoms with Crippen molar-refractivity contribution in [1.82, 2.24) is 5.32 Å². The lowest BCUT2D eigenvalue weighted by molar-refractivity contribution is 0.0284. The molecule has 2 aromatic rings. The first kappa shape index (κ1) is 16.3. The molecule has 140 valence electrons. The summed E-state index contributed by atoms with van der Waals surface area (Å²) in [7, 11) is 3.07. The van der Waals surface area contributed by atoms with Crippen LogP contribution in [-0.4, -0.2) is 33.5 Å². The Bertz CT molecular complexity index is 941. The van der Waals surface area contributed by atoms with E-state index in [1.807, 2.05) is 18.2 Å². The number of cyclic esters (lactones) is 1. The molecule has 0 aliphatic carbocycles. The zero-order valence-corrected chi connectivity index (χ0v) is 15.0. The summed E-state index contributed by atoms with van der Waals surface area (Å²) in [6.07, 6.45) is 0.425. The molecule has 0 saturated heterocycles. The van der Waals surface area contributed by atoms with Crippen molar-refractivity contribution < 1.29 is 28.5 Å². The number of esters is 1. The van der Waals surface area contributed by atoms with Gasteiger partial charge >= 0.3 is 5.97 Å². The molecule has 0 fully saturated rings. The Labute approximate surface area is 156 Å². The largest absolute Gasteiger partial charge is 0.493 e. The zero-order chi connectivity index (χ0) is 18.5. The van der Waals surface area contributed by atoms with Gasteiger partial charge in [-0.25, -0.2) is 4.79 Å². The molecule has 3 aliphatic heterocycles. The smallest absolute Gasteiger partial charge is 0.343 e. The Kier molecular flexibility index (Phi) is 3.65. The minimum absolute atomic E-state index is 0.174. The molecule has 5 rings (SSSR count). The number of fused-ring (bicyclic) bond motifs is 3. The Hall–Kier alpha value is -2.93. The molecule has 7 heteroatoms. The van der Waals surface area contributed by atoms with Gasteiger partial charge in [-0.1, -0.05) is 6.07 Å². The van der Waals surface area contributed by atoms with Crippen LogP contribution in [0.4, 0.5) is 0 Å². The van der Waals surface area contributed by atoms with E-state index in [9.17, 15) is 4.79 Å². The zero-order valence-electron chi connectivity index (χ0n) is 15.0. The molecule has 0 radical (unpaired) electrons. The number of hydrogen-bond donors (Lipinski definition) is 1. The number of ether oxygens (including phenoxy) is 5. The molecule has 0 amide bonds. The summed E-state index contributed by atoms with van der Waals surface area (Å²) in [4.78, 5) is 12.6.